The molecule has 2 N–H and O–H groups in total. The molecule has 0 atom stereocenters. The Hall–Kier alpha value is -3.80. The van der Waals surface area contributed by atoms with Crippen molar-refractivity contribution in [3.05, 3.63) is 95.6 Å². The Morgan fingerprint density at radius 1 is 0.727 bits per heavy atom. The van der Waals surface area contributed by atoms with Crippen molar-refractivity contribution >= 4 is 11.8 Å². The SMILES string of the molecule is CC(C)CCOc1ccc(C(=O)NNC(=O)c2cccc(OCCc3ccccc3)c2)cc1. The summed E-state index contributed by atoms with van der Waals surface area (Å²) in [7, 11) is 0. The highest BCUT2D eigenvalue weighted by atomic mass is 16.5. The Morgan fingerprint density at radius 3 is 2.09 bits per heavy atom. The standard InChI is InChI=1S/C27H30N2O4/c1-20(2)15-17-32-24-13-11-22(12-14-24)26(30)28-29-27(31)23-9-6-10-25(19-23)33-18-16-21-7-4-3-5-8-21/h3-14,19-20H,15-18H2,1-2H3,(H,28,30)(H,29,31). The van der Waals surface area contributed by atoms with Gasteiger partial charge in [0.05, 0.1) is 13.2 Å². The number of hydrogen-bond acceptors (Lipinski definition) is 4. The maximum absolute atomic E-state index is 12.5. The molecule has 0 saturated carbocycles. The van der Waals surface area contributed by atoms with Crippen molar-refractivity contribution in [3.8, 4) is 11.5 Å². The maximum atomic E-state index is 12.5. The summed E-state index contributed by atoms with van der Waals surface area (Å²) in [6.07, 6.45) is 1.74. The summed E-state index contributed by atoms with van der Waals surface area (Å²) < 4.78 is 11.4. The first-order chi connectivity index (χ1) is 16.0. The number of ether oxygens (including phenoxy) is 2. The molecule has 0 bridgehead atoms. The lowest BCUT2D eigenvalue weighted by Crippen LogP contribution is -2.41. The van der Waals surface area contributed by atoms with Gasteiger partial charge in [0.1, 0.15) is 11.5 Å². The number of hydrazine groups is 1. The van der Waals surface area contributed by atoms with E-state index in [0.29, 0.717) is 41.8 Å². The van der Waals surface area contributed by atoms with Crippen LogP contribution in [-0.2, 0) is 6.42 Å². The molecule has 0 fully saturated rings. The van der Waals surface area contributed by atoms with E-state index >= 15 is 0 Å². The summed E-state index contributed by atoms with van der Waals surface area (Å²) >= 11 is 0. The summed E-state index contributed by atoms with van der Waals surface area (Å²) in [5.41, 5.74) is 6.88. The molecule has 6 heteroatoms. The smallest absolute Gasteiger partial charge is 0.269 e. The molecule has 3 aromatic carbocycles. The maximum Gasteiger partial charge on any atom is 0.269 e. The number of rotatable bonds is 10. The van der Waals surface area contributed by atoms with Crippen molar-refractivity contribution in [1.82, 2.24) is 10.9 Å². The van der Waals surface area contributed by atoms with E-state index in [2.05, 4.69) is 24.7 Å². The van der Waals surface area contributed by atoms with E-state index < -0.39 is 11.8 Å². The third-order valence-corrected chi connectivity index (χ3v) is 4.97. The zero-order valence-electron chi connectivity index (χ0n) is 19.0. The Labute approximate surface area is 194 Å². The van der Waals surface area contributed by atoms with Gasteiger partial charge in [0, 0.05) is 17.5 Å². The van der Waals surface area contributed by atoms with Crippen molar-refractivity contribution in [3.63, 3.8) is 0 Å². The molecule has 0 aromatic heterocycles. The lowest BCUT2D eigenvalue weighted by atomic mass is 10.1. The average Bonchev–Trinajstić information content (AvgIpc) is 2.83. The second-order valence-electron chi connectivity index (χ2n) is 8.08. The Kier molecular flexibility index (Phi) is 8.88. The fourth-order valence-electron chi connectivity index (χ4n) is 3.03. The van der Waals surface area contributed by atoms with Gasteiger partial charge in [0.2, 0.25) is 0 Å². The summed E-state index contributed by atoms with van der Waals surface area (Å²) in [5.74, 6) is 1.04. The van der Waals surface area contributed by atoms with Crippen molar-refractivity contribution < 1.29 is 19.1 Å². The number of amides is 2. The van der Waals surface area contributed by atoms with Gasteiger partial charge in [-0.25, -0.2) is 0 Å². The predicted octanol–water partition coefficient (Wildman–Crippen LogP) is 4.81. The minimum absolute atomic E-state index is 0.390. The molecule has 0 radical (unpaired) electrons. The van der Waals surface area contributed by atoms with E-state index in [-0.39, 0.29) is 0 Å². The number of nitrogens with one attached hydrogen (secondary N) is 2. The Balaban J connectivity index is 1.46. The molecule has 0 saturated heterocycles. The third kappa shape index (κ3) is 8.00. The molecule has 3 aromatic rings. The lowest BCUT2D eigenvalue weighted by molar-refractivity contribution is 0.0846. The van der Waals surface area contributed by atoms with Crippen LogP contribution in [0, 0.1) is 5.92 Å². The van der Waals surface area contributed by atoms with Gasteiger partial charge in [0.25, 0.3) is 11.8 Å². The quantitative estimate of drug-likeness (QED) is 0.438. The highest BCUT2D eigenvalue weighted by molar-refractivity contribution is 5.99. The normalized spacial score (nSPS) is 10.5. The van der Waals surface area contributed by atoms with E-state index in [1.807, 2.05) is 30.3 Å². The van der Waals surface area contributed by atoms with Gasteiger partial charge in [-0.15, -0.1) is 0 Å². The van der Waals surface area contributed by atoms with Gasteiger partial charge in [-0.3, -0.25) is 20.4 Å². The van der Waals surface area contributed by atoms with Gasteiger partial charge < -0.3 is 9.47 Å². The van der Waals surface area contributed by atoms with E-state index in [1.165, 1.54) is 5.56 Å². The van der Waals surface area contributed by atoms with E-state index in [4.69, 9.17) is 9.47 Å². The van der Waals surface area contributed by atoms with Crippen molar-refractivity contribution in [2.75, 3.05) is 13.2 Å². The van der Waals surface area contributed by atoms with Crippen molar-refractivity contribution in [2.24, 2.45) is 5.92 Å². The molecule has 0 unspecified atom stereocenters. The lowest BCUT2D eigenvalue weighted by Gasteiger charge is -2.11. The van der Waals surface area contributed by atoms with Crippen LogP contribution in [0.25, 0.3) is 0 Å². The fourth-order valence-corrected chi connectivity index (χ4v) is 3.03. The minimum Gasteiger partial charge on any atom is -0.494 e. The molecular formula is C27H30N2O4. The zero-order chi connectivity index (χ0) is 23.5. The van der Waals surface area contributed by atoms with Crippen LogP contribution in [0.4, 0.5) is 0 Å². The van der Waals surface area contributed by atoms with Gasteiger partial charge in [-0.1, -0.05) is 50.2 Å². The third-order valence-electron chi connectivity index (χ3n) is 4.97. The van der Waals surface area contributed by atoms with E-state index in [1.54, 1.807) is 48.5 Å². The van der Waals surface area contributed by atoms with E-state index in [9.17, 15) is 9.59 Å². The second kappa shape index (κ2) is 12.3. The highest BCUT2D eigenvalue weighted by Gasteiger charge is 2.10. The monoisotopic (exact) mass is 446 g/mol. The first-order valence-corrected chi connectivity index (χ1v) is 11.1. The van der Waals surface area contributed by atoms with Crippen molar-refractivity contribution in [2.45, 2.75) is 26.7 Å². The van der Waals surface area contributed by atoms with Gasteiger partial charge in [-0.2, -0.15) is 0 Å². The molecule has 2 amide bonds. The fraction of sp³-hybridized carbons (Fsp3) is 0.259. The molecule has 0 spiro atoms. The highest BCUT2D eigenvalue weighted by Crippen LogP contribution is 2.15. The van der Waals surface area contributed by atoms with Crippen LogP contribution in [-0.4, -0.2) is 25.0 Å². The molecular weight excluding hydrogens is 416 g/mol. The first kappa shape index (κ1) is 23.9. The molecule has 33 heavy (non-hydrogen) atoms. The number of hydrogen-bond donors (Lipinski definition) is 2. The predicted molar refractivity (Wildman–Crippen MR) is 128 cm³/mol. The second-order valence-corrected chi connectivity index (χ2v) is 8.08. The van der Waals surface area contributed by atoms with Gasteiger partial charge in [0.15, 0.2) is 0 Å². The summed E-state index contributed by atoms with van der Waals surface area (Å²) in [6.45, 7) is 5.41. The van der Waals surface area contributed by atoms with Crippen LogP contribution in [0.5, 0.6) is 11.5 Å². The summed E-state index contributed by atoms with van der Waals surface area (Å²) in [5, 5.41) is 0. The summed E-state index contributed by atoms with van der Waals surface area (Å²) in [6, 6.07) is 23.7. The van der Waals surface area contributed by atoms with Crippen LogP contribution in [0.3, 0.4) is 0 Å². The Morgan fingerprint density at radius 2 is 1.39 bits per heavy atom. The topological polar surface area (TPSA) is 76.7 Å². The molecule has 0 heterocycles. The number of carbonyl (C=O) groups excluding carboxylic acids is 2. The minimum atomic E-state index is -0.425. The van der Waals surface area contributed by atoms with Crippen LogP contribution in [0.2, 0.25) is 0 Å². The number of benzene rings is 3. The molecule has 6 nitrogen and oxygen atoms in total. The Bertz CT molecular complexity index is 1030. The van der Waals surface area contributed by atoms with Crippen LogP contribution < -0.4 is 20.3 Å². The first-order valence-electron chi connectivity index (χ1n) is 11.1. The van der Waals surface area contributed by atoms with Crippen LogP contribution >= 0.6 is 0 Å². The van der Waals surface area contributed by atoms with Crippen molar-refractivity contribution in [1.29, 1.82) is 0 Å². The van der Waals surface area contributed by atoms with E-state index in [0.717, 1.165) is 12.8 Å². The van der Waals surface area contributed by atoms with Crippen LogP contribution in [0.1, 0.15) is 46.5 Å². The largest absolute Gasteiger partial charge is 0.494 e. The average molecular weight is 447 g/mol. The van der Waals surface area contributed by atoms with Gasteiger partial charge in [-0.05, 0) is 60.4 Å². The molecule has 0 aliphatic carbocycles. The molecule has 172 valence electrons. The zero-order valence-corrected chi connectivity index (χ0v) is 19.0. The van der Waals surface area contributed by atoms with Gasteiger partial charge >= 0.3 is 0 Å². The molecule has 3 rings (SSSR count). The molecule has 0 aliphatic heterocycles. The number of carbonyl (C=O) groups is 2. The van der Waals surface area contributed by atoms with Crippen LogP contribution in [0.15, 0.2) is 78.9 Å². The summed E-state index contributed by atoms with van der Waals surface area (Å²) in [4.78, 5) is 24.8. The molecule has 0 aliphatic rings.